The summed E-state index contributed by atoms with van der Waals surface area (Å²) in [7, 11) is 0. The number of hydrogen-bond donors (Lipinski definition) is 2. The monoisotopic (exact) mass is 819 g/mol. The van der Waals surface area contributed by atoms with Crippen LogP contribution in [0.25, 0.3) is 0 Å². The second-order valence-electron chi connectivity index (χ2n) is 14.9. The highest BCUT2D eigenvalue weighted by Crippen LogP contribution is 2.37. The van der Waals surface area contributed by atoms with Crippen LogP contribution >= 0.6 is 0 Å². The first-order valence-corrected chi connectivity index (χ1v) is 20.4. The van der Waals surface area contributed by atoms with E-state index in [1.165, 1.54) is 0 Å². The van der Waals surface area contributed by atoms with Crippen LogP contribution < -0.4 is 20.6 Å². The summed E-state index contributed by atoms with van der Waals surface area (Å²) in [6, 6.07) is 54.6. The molecule has 0 bridgehead atoms. The molecule has 6 aromatic rings. The van der Waals surface area contributed by atoms with E-state index in [1.807, 2.05) is 170 Å². The molecule has 312 valence electrons. The fraction of sp³-hybridized carbons (Fsp3) is 0.240. The second-order valence-corrected chi connectivity index (χ2v) is 14.9. The van der Waals surface area contributed by atoms with Gasteiger partial charge in [0, 0.05) is 12.0 Å². The third-order valence-electron chi connectivity index (χ3n) is 10.5. The molecule has 61 heavy (non-hydrogen) atoms. The maximum atomic E-state index is 11.5. The van der Waals surface area contributed by atoms with Gasteiger partial charge in [0.1, 0.15) is 42.0 Å². The van der Waals surface area contributed by atoms with Crippen molar-refractivity contribution >= 4 is 11.7 Å². The van der Waals surface area contributed by atoms with E-state index in [0.717, 1.165) is 33.4 Å². The minimum absolute atomic E-state index is 0.207. The number of nitrogens with two attached hydrogens (primary N) is 1. The molecule has 1 unspecified atom stereocenters. The molecule has 2 heterocycles. The van der Waals surface area contributed by atoms with Crippen LogP contribution in [0.15, 0.2) is 175 Å². The molecule has 1 fully saturated rings. The summed E-state index contributed by atoms with van der Waals surface area (Å²) in [4.78, 5) is 11.5. The van der Waals surface area contributed by atoms with Crippen LogP contribution in [0.4, 0.5) is 4.79 Å². The van der Waals surface area contributed by atoms with E-state index in [4.69, 9.17) is 38.9 Å². The number of rotatable bonds is 17. The third-order valence-corrected chi connectivity index (χ3v) is 10.5. The Labute approximate surface area is 356 Å². The summed E-state index contributed by atoms with van der Waals surface area (Å²) >= 11 is 0. The van der Waals surface area contributed by atoms with Crippen LogP contribution in [0.5, 0.6) is 11.5 Å². The van der Waals surface area contributed by atoms with E-state index in [0.29, 0.717) is 43.5 Å². The van der Waals surface area contributed by atoms with Crippen LogP contribution in [0.3, 0.4) is 0 Å². The number of benzene rings is 6. The molecule has 2 amide bonds. The largest absolute Gasteiger partial charge is 0.485 e. The zero-order valence-electron chi connectivity index (χ0n) is 33.7. The van der Waals surface area contributed by atoms with Crippen molar-refractivity contribution in [1.82, 2.24) is 5.43 Å². The van der Waals surface area contributed by atoms with Crippen LogP contribution in [0.2, 0.25) is 0 Å². The lowest BCUT2D eigenvalue weighted by molar-refractivity contribution is -0.310. The normalized spacial score (nSPS) is 21.5. The number of carbonyl (C=O) groups excluding carboxylic acids is 1. The van der Waals surface area contributed by atoms with E-state index in [2.05, 4.69) is 10.5 Å². The van der Waals surface area contributed by atoms with Crippen molar-refractivity contribution in [2.75, 3.05) is 6.61 Å². The summed E-state index contributed by atoms with van der Waals surface area (Å²) in [5.41, 5.74) is 14.1. The number of fused-ring (bicyclic) bond motifs is 1. The molecule has 0 spiro atoms. The molecular formula is C50H49N3O8. The van der Waals surface area contributed by atoms with Crippen LogP contribution in [-0.4, -0.2) is 49.1 Å². The molecule has 6 aromatic carbocycles. The van der Waals surface area contributed by atoms with Gasteiger partial charge < -0.3 is 38.9 Å². The maximum Gasteiger partial charge on any atom is 0.332 e. The zero-order valence-corrected chi connectivity index (χ0v) is 33.7. The number of para-hydroxylation sites is 1. The van der Waals surface area contributed by atoms with Crippen LogP contribution in [0.1, 0.15) is 45.9 Å². The fourth-order valence-electron chi connectivity index (χ4n) is 7.44. The Morgan fingerprint density at radius 3 is 1.69 bits per heavy atom. The lowest BCUT2D eigenvalue weighted by atomic mass is 9.95. The number of hydrogen-bond acceptors (Lipinski definition) is 9. The van der Waals surface area contributed by atoms with E-state index in [9.17, 15) is 4.79 Å². The van der Waals surface area contributed by atoms with Crippen molar-refractivity contribution < 1.29 is 38.0 Å². The van der Waals surface area contributed by atoms with Crippen molar-refractivity contribution in [2.45, 2.75) is 69.7 Å². The number of primary amides is 1. The van der Waals surface area contributed by atoms with Gasteiger partial charge >= 0.3 is 6.03 Å². The Kier molecular flexibility index (Phi) is 14.1. The number of hydrazone groups is 1. The van der Waals surface area contributed by atoms with Gasteiger partial charge in [0.2, 0.25) is 6.29 Å². The molecule has 0 aromatic heterocycles. The molecular weight excluding hydrogens is 771 g/mol. The van der Waals surface area contributed by atoms with E-state index < -0.39 is 36.7 Å². The topological polar surface area (TPSA) is 132 Å². The van der Waals surface area contributed by atoms with Gasteiger partial charge in [-0.15, -0.1) is 0 Å². The molecule has 11 nitrogen and oxygen atoms in total. The summed E-state index contributed by atoms with van der Waals surface area (Å²) in [6.07, 6.45) is -3.47. The number of nitrogens with one attached hydrogen (secondary N) is 1. The lowest BCUT2D eigenvalue weighted by Gasteiger charge is -2.45. The predicted octanol–water partition coefficient (Wildman–Crippen LogP) is 8.66. The number of carbonyl (C=O) groups is 1. The number of amides is 2. The maximum absolute atomic E-state index is 11.5. The summed E-state index contributed by atoms with van der Waals surface area (Å²) in [5.74, 6) is 1.21. The smallest absolute Gasteiger partial charge is 0.332 e. The van der Waals surface area contributed by atoms with Crippen LogP contribution in [0, 0.1) is 0 Å². The molecule has 6 atom stereocenters. The number of urea groups is 1. The Balaban J connectivity index is 1.09. The first kappa shape index (κ1) is 41.4. The quantitative estimate of drug-likeness (QED) is 0.0875. The van der Waals surface area contributed by atoms with Crippen LogP contribution in [-0.2, 0) is 50.1 Å². The third kappa shape index (κ3) is 11.3. The highest BCUT2D eigenvalue weighted by molar-refractivity contribution is 6.04. The molecule has 3 N–H and O–H groups in total. The van der Waals surface area contributed by atoms with Crippen molar-refractivity contribution in [3.63, 3.8) is 0 Å². The number of nitrogens with zero attached hydrogens (tertiary/aromatic N) is 1. The zero-order chi connectivity index (χ0) is 41.6. The lowest BCUT2D eigenvalue weighted by Crippen LogP contribution is -2.62. The Morgan fingerprint density at radius 2 is 1.11 bits per heavy atom. The number of ether oxygens (including phenoxy) is 7. The standard InChI is InChI=1S/C50H49N3O8/c51-50(54)53-52-42-29-44(60-43-24-14-13-23-41(42)43)39-25-27-40(28-26-39)59-49-48(58-33-38-21-11-4-12-22-38)47(57-32-37-19-9-3-10-20-37)46(56-31-36-17-7-2-8-18-36)45(61-49)34-55-30-35-15-5-1-6-16-35/h1-28,44-49H,29-34H2,(H3,51,53,54)/b52-42-/t44?,45-,46-,47-,48-,49-/m1/s1. The first-order chi connectivity index (χ1) is 30.1. The van der Waals surface area contributed by atoms with Gasteiger partial charge in [-0.05, 0) is 52.1 Å². The summed E-state index contributed by atoms with van der Waals surface area (Å²) < 4.78 is 46.9. The molecule has 0 radical (unpaired) electrons. The molecule has 0 aliphatic carbocycles. The summed E-state index contributed by atoms with van der Waals surface area (Å²) in [5, 5.41) is 4.29. The van der Waals surface area contributed by atoms with E-state index in [-0.39, 0.29) is 19.3 Å². The fourth-order valence-corrected chi connectivity index (χ4v) is 7.44. The van der Waals surface area contributed by atoms with Crippen molar-refractivity contribution in [1.29, 1.82) is 0 Å². The average molecular weight is 820 g/mol. The van der Waals surface area contributed by atoms with Gasteiger partial charge in [-0.1, -0.05) is 146 Å². The average Bonchev–Trinajstić information content (AvgIpc) is 3.31. The molecule has 2 aliphatic heterocycles. The molecule has 11 heteroatoms. The van der Waals surface area contributed by atoms with Crippen molar-refractivity contribution in [3.8, 4) is 11.5 Å². The van der Waals surface area contributed by atoms with Gasteiger partial charge in [-0.3, -0.25) is 0 Å². The van der Waals surface area contributed by atoms with E-state index >= 15 is 0 Å². The summed E-state index contributed by atoms with van der Waals surface area (Å²) in [6.45, 7) is 1.52. The van der Waals surface area contributed by atoms with Gasteiger partial charge in [0.25, 0.3) is 0 Å². The Hall–Kier alpha value is -6.34. The van der Waals surface area contributed by atoms with E-state index in [1.54, 1.807) is 0 Å². The van der Waals surface area contributed by atoms with Crippen molar-refractivity contribution in [3.05, 3.63) is 203 Å². The Morgan fingerprint density at radius 1 is 0.607 bits per heavy atom. The minimum Gasteiger partial charge on any atom is -0.485 e. The Bertz CT molecular complexity index is 2300. The molecule has 2 aliphatic rings. The van der Waals surface area contributed by atoms with Gasteiger partial charge in [0.05, 0.1) is 38.7 Å². The van der Waals surface area contributed by atoms with Crippen molar-refractivity contribution in [2.24, 2.45) is 10.8 Å². The molecule has 1 saturated heterocycles. The minimum atomic E-state index is -0.923. The molecule has 8 rings (SSSR count). The highest BCUT2D eigenvalue weighted by atomic mass is 16.7. The SMILES string of the molecule is NC(=O)N/N=C1/CC(c2ccc(O[C@@H]3O[C@H](COCc4ccccc4)[C@@H](OCc4ccccc4)[C@@H](OCc4ccccc4)[C@H]3OCc3ccccc3)cc2)Oc2ccccc21. The first-order valence-electron chi connectivity index (χ1n) is 20.4. The second kappa shape index (κ2) is 20.8. The predicted molar refractivity (Wildman–Crippen MR) is 231 cm³/mol. The molecule has 0 saturated carbocycles. The van der Waals surface area contributed by atoms with Gasteiger partial charge in [-0.25, -0.2) is 10.2 Å². The highest BCUT2D eigenvalue weighted by Gasteiger charge is 2.50. The van der Waals surface area contributed by atoms with Gasteiger partial charge in [0.15, 0.2) is 0 Å². The van der Waals surface area contributed by atoms with Gasteiger partial charge in [-0.2, -0.15) is 5.10 Å².